The fraction of sp³-hybridized carbons (Fsp3) is 0.0714. The number of H-pyrrole nitrogens is 1. The van der Waals surface area contributed by atoms with Crippen LogP contribution in [0, 0.1) is 5.82 Å². The number of halogens is 1. The standard InChI is InChI=1S/C28H21FN4S/c29-21-15-13-19(14-16-21)18-34-28-32-31-26(33(28)22-8-2-1-3-9-22)17-20-7-6-11-24-23-10-4-5-12-25(23)30-27(20)24/h1-16,30H,17-18H2. The molecule has 0 saturated heterocycles. The molecule has 0 amide bonds. The van der Waals surface area contributed by atoms with Crippen LogP contribution >= 0.6 is 11.8 Å². The SMILES string of the molecule is Fc1ccc(CSc2nnc(Cc3cccc4c3[nH]c3ccccc34)n2-c2ccccc2)cc1. The summed E-state index contributed by atoms with van der Waals surface area (Å²) in [6, 6.07) is 31.6. The zero-order valence-electron chi connectivity index (χ0n) is 18.3. The molecule has 4 nitrogen and oxygen atoms in total. The number of fused-ring (bicyclic) bond motifs is 3. The van der Waals surface area contributed by atoms with E-state index in [-0.39, 0.29) is 5.82 Å². The summed E-state index contributed by atoms with van der Waals surface area (Å²) in [7, 11) is 0. The van der Waals surface area contributed by atoms with E-state index in [1.807, 2.05) is 36.4 Å². The van der Waals surface area contributed by atoms with Gasteiger partial charge in [-0.05, 0) is 41.5 Å². The van der Waals surface area contributed by atoms with Gasteiger partial charge in [0.15, 0.2) is 5.16 Å². The molecular weight excluding hydrogens is 443 g/mol. The summed E-state index contributed by atoms with van der Waals surface area (Å²) in [5.41, 5.74) is 5.50. The number of rotatable bonds is 6. The van der Waals surface area contributed by atoms with Gasteiger partial charge >= 0.3 is 0 Å². The molecule has 1 N–H and O–H groups in total. The first-order valence-electron chi connectivity index (χ1n) is 11.1. The van der Waals surface area contributed by atoms with Gasteiger partial charge in [-0.1, -0.05) is 78.5 Å². The van der Waals surface area contributed by atoms with Gasteiger partial charge in [-0.25, -0.2) is 4.39 Å². The Morgan fingerprint density at radius 1 is 0.765 bits per heavy atom. The molecule has 0 radical (unpaired) electrons. The topological polar surface area (TPSA) is 46.5 Å². The molecule has 2 aromatic heterocycles. The van der Waals surface area contributed by atoms with Crippen molar-refractivity contribution < 1.29 is 4.39 Å². The normalized spacial score (nSPS) is 11.4. The smallest absolute Gasteiger partial charge is 0.196 e. The molecule has 0 aliphatic carbocycles. The molecule has 4 aromatic carbocycles. The summed E-state index contributed by atoms with van der Waals surface area (Å²) in [5, 5.41) is 12.4. The Balaban J connectivity index is 1.39. The van der Waals surface area contributed by atoms with Crippen LogP contribution in [0.15, 0.2) is 102 Å². The lowest BCUT2D eigenvalue weighted by Gasteiger charge is -2.11. The quantitative estimate of drug-likeness (QED) is 0.272. The third-order valence-electron chi connectivity index (χ3n) is 5.97. The first kappa shape index (κ1) is 20.7. The van der Waals surface area contributed by atoms with E-state index in [0.29, 0.717) is 12.2 Å². The Morgan fingerprint density at radius 3 is 2.38 bits per heavy atom. The Bertz CT molecular complexity index is 1590. The molecule has 0 aliphatic heterocycles. The lowest BCUT2D eigenvalue weighted by Crippen LogP contribution is -2.04. The van der Waals surface area contributed by atoms with Crippen molar-refractivity contribution in [3.05, 3.63) is 120 Å². The maximum atomic E-state index is 13.3. The van der Waals surface area contributed by atoms with E-state index in [4.69, 9.17) is 0 Å². The molecule has 0 unspecified atom stereocenters. The highest BCUT2D eigenvalue weighted by molar-refractivity contribution is 7.98. The van der Waals surface area contributed by atoms with Crippen LogP contribution in [0.5, 0.6) is 0 Å². The Labute approximate surface area is 200 Å². The third-order valence-corrected chi connectivity index (χ3v) is 6.97. The zero-order chi connectivity index (χ0) is 22.9. The van der Waals surface area contributed by atoms with E-state index in [0.717, 1.165) is 33.3 Å². The van der Waals surface area contributed by atoms with Crippen molar-refractivity contribution in [2.24, 2.45) is 0 Å². The number of thioether (sulfide) groups is 1. The molecule has 0 atom stereocenters. The maximum absolute atomic E-state index is 13.3. The second-order valence-corrected chi connectivity index (χ2v) is 9.11. The van der Waals surface area contributed by atoms with E-state index in [9.17, 15) is 4.39 Å². The molecule has 0 fully saturated rings. The number of hydrogen-bond acceptors (Lipinski definition) is 3. The van der Waals surface area contributed by atoms with Crippen molar-refractivity contribution in [2.45, 2.75) is 17.3 Å². The van der Waals surface area contributed by atoms with Gasteiger partial charge in [0.25, 0.3) is 0 Å². The van der Waals surface area contributed by atoms with Crippen molar-refractivity contribution in [2.75, 3.05) is 0 Å². The number of nitrogens with one attached hydrogen (secondary N) is 1. The average molecular weight is 465 g/mol. The summed E-state index contributed by atoms with van der Waals surface area (Å²) < 4.78 is 15.4. The van der Waals surface area contributed by atoms with E-state index in [1.165, 1.54) is 28.5 Å². The van der Waals surface area contributed by atoms with Crippen molar-refractivity contribution in [1.82, 2.24) is 19.7 Å². The Hall–Kier alpha value is -3.90. The highest BCUT2D eigenvalue weighted by Gasteiger charge is 2.17. The molecule has 6 heteroatoms. The molecular formula is C28H21FN4S. The molecule has 6 aromatic rings. The number of nitrogens with zero attached hydrogens (tertiary/aromatic N) is 3. The second kappa shape index (κ2) is 8.80. The van der Waals surface area contributed by atoms with Crippen LogP contribution in [0.2, 0.25) is 0 Å². The molecule has 166 valence electrons. The van der Waals surface area contributed by atoms with Crippen molar-refractivity contribution >= 4 is 33.6 Å². The maximum Gasteiger partial charge on any atom is 0.196 e. The number of hydrogen-bond donors (Lipinski definition) is 1. The van der Waals surface area contributed by atoms with Gasteiger partial charge in [-0.2, -0.15) is 0 Å². The van der Waals surface area contributed by atoms with Gasteiger partial charge in [-0.15, -0.1) is 10.2 Å². The molecule has 6 rings (SSSR count). The minimum Gasteiger partial charge on any atom is -0.354 e. The predicted molar refractivity (Wildman–Crippen MR) is 136 cm³/mol. The van der Waals surface area contributed by atoms with Gasteiger partial charge in [0.2, 0.25) is 0 Å². The van der Waals surface area contributed by atoms with Crippen LogP contribution in [0.4, 0.5) is 4.39 Å². The zero-order valence-corrected chi connectivity index (χ0v) is 19.1. The molecule has 2 heterocycles. The van der Waals surface area contributed by atoms with E-state index in [1.54, 1.807) is 11.8 Å². The molecule has 0 aliphatic rings. The summed E-state index contributed by atoms with van der Waals surface area (Å²) in [5.74, 6) is 1.33. The van der Waals surface area contributed by atoms with Gasteiger partial charge in [-0.3, -0.25) is 4.57 Å². The summed E-state index contributed by atoms with van der Waals surface area (Å²) >= 11 is 1.60. The van der Waals surface area contributed by atoms with Crippen LogP contribution in [0.3, 0.4) is 0 Å². The summed E-state index contributed by atoms with van der Waals surface area (Å²) in [6.07, 6.45) is 0.642. The van der Waals surface area contributed by atoms with E-state index < -0.39 is 0 Å². The van der Waals surface area contributed by atoms with Gasteiger partial charge in [0, 0.05) is 34.2 Å². The van der Waals surface area contributed by atoms with Gasteiger partial charge in [0.05, 0.1) is 5.52 Å². The summed E-state index contributed by atoms with van der Waals surface area (Å²) in [6.45, 7) is 0. The van der Waals surface area contributed by atoms with Crippen LogP contribution < -0.4 is 0 Å². The molecule has 0 bridgehead atoms. The lowest BCUT2D eigenvalue weighted by atomic mass is 10.1. The van der Waals surface area contributed by atoms with E-state index in [2.05, 4.69) is 68.3 Å². The fourth-order valence-electron chi connectivity index (χ4n) is 4.32. The number of aromatic nitrogens is 4. The van der Waals surface area contributed by atoms with Gasteiger partial charge in [0.1, 0.15) is 11.6 Å². The average Bonchev–Trinajstić information content (AvgIpc) is 3.46. The number of benzene rings is 4. The van der Waals surface area contributed by atoms with Crippen molar-refractivity contribution in [1.29, 1.82) is 0 Å². The first-order valence-corrected chi connectivity index (χ1v) is 12.1. The van der Waals surface area contributed by atoms with Crippen molar-refractivity contribution in [3.8, 4) is 5.69 Å². The molecule has 34 heavy (non-hydrogen) atoms. The highest BCUT2D eigenvalue weighted by atomic mass is 32.2. The highest BCUT2D eigenvalue weighted by Crippen LogP contribution is 2.30. The van der Waals surface area contributed by atoms with Gasteiger partial charge < -0.3 is 4.98 Å². The Kier molecular flexibility index (Phi) is 5.35. The number of para-hydroxylation sites is 3. The van der Waals surface area contributed by atoms with Crippen molar-refractivity contribution in [3.63, 3.8) is 0 Å². The minimum atomic E-state index is -0.227. The number of aromatic amines is 1. The second-order valence-electron chi connectivity index (χ2n) is 8.17. The molecule has 0 spiro atoms. The molecule has 0 saturated carbocycles. The fourth-order valence-corrected chi connectivity index (χ4v) is 5.25. The lowest BCUT2D eigenvalue weighted by molar-refractivity contribution is 0.627. The van der Waals surface area contributed by atoms with Crippen LogP contribution in [-0.4, -0.2) is 19.7 Å². The van der Waals surface area contributed by atoms with Crippen LogP contribution in [0.25, 0.3) is 27.5 Å². The monoisotopic (exact) mass is 464 g/mol. The third kappa shape index (κ3) is 3.86. The van der Waals surface area contributed by atoms with Crippen LogP contribution in [0.1, 0.15) is 17.0 Å². The van der Waals surface area contributed by atoms with Crippen LogP contribution in [-0.2, 0) is 12.2 Å². The summed E-state index contributed by atoms with van der Waals surface area (Å²) in [4.78, 5) is 3.59. The minimum absolute atomic E-state index is 0.227. The first-order chi connectivity index (χ1) is 16.8. The Morgan fingerprint density at radius 2 is 1.53 bits per heavy atom. The van der Waals surface area contributed by atoms with E-state index >= 15 is 0 Å². The predicted octanol–water partition coefficient (Wildman–Crippen LogP) is 6.92. The largest absolute Gasteiger partial charge is 0.354 e.